The fraction of sp³-hybridized carbons (Fsp3) is 0.222. The first-order valence-corrected chi connectivity index (χ1v) is 11.4. The Balaban J connectivity index is 1.39. The van der Waals surface area contributed by atoms with E-state index in [0.29, 0.717) is 30.0 Å². The van der Waals surface area contributed by atoms with Gasteiger partial charge in [-0.05, 0) is 42.0 Å². The van der Waals surface area contributed by atoms with Crippen molar-refractivity contribution in [2.75, 3.05) is 36.5 Å². The normalized spacial score (nSPS) is 16.4. The van der Waals surface area contributed by atoms with Gasteiger partial charge >= 0.3 is 0 Å². The molecule has 0 spiro atoms. The van der Waals surface area contributed by atoms with Gasteiger partial charge in [-0.2, -0.15) is 0 Å². The Morgan fingerprint density at radius 1 is 0.824 bits per heavy atom. The summed E-state index contributed by atoms with van der Waals surface area (Å²) in [4.78, 5) is 43.0. The first kappa shape index (κ1) is 21.9. The van der Waals surface area contributed by atoms with E-state index in [1.165, 1.54) is 0 Å². The molecule has 5 rings (SSSR count). The second-order valence-electron chi connectivity index (χ2n) is 8.37. The first-order chi connectivity index (χ1) is 16.6. The van der Waals surface area contributed by atoms with Crippen LogP contribution in [0.15, 0.2) is 78.9 Å². The van der Waals surface area contributed by atoms with Crippen molar-refractivity contribution in [1.29, 1.82) is 0 Å². The van der Waals surface area contributed by atoms with Crippen molar-refractivity contribution in [1.82, 2.24) is 4.90 Å². The van der Waals surface area contributed by atoms with E-state index in [4.69, 9.17) is 4.74 Å². The van der Waals surface area contributed by atoms with Gasteiger partial charge in [0.25, 0.3) is 11.8 Å². The van der Waals surface area contributed by atoms with Crippen LogP contribution in [0.4, 0.5) is 11.4 Å². The summed E-state index contributed by atoms with van der Waals surface area (Å²) in [5, 5.41) is 2.91. The Morgan fingerprint density at radius 3 is 2.03 bits per heavy atom. The number of carbonyl (C=O) groups is 3. The third-order valence-electron chi connectivity index (χ3n) is 6.22. The van der Waals surface area contributed by atoms with E-state index in [1.54, 1.807) is 24.3 Å². The van der Waals surface area contributed by atoms with Gasteiger partial charge in [0.1, 0.15) is 6.04 Å². The molecule has 3 amide bonds. The minimum absolute atomic E-state index is 0.226. The number of ether oxygens (including phenoxy) is 1. The number of carbonyl (C=O) groups excluding carboxylic acids is 3. The standard InChI is InChI=1S/C27H25N3O4/c31-25(28-20-10-12-21(13-11-20)29-14-16-34-17-15-29)24(18-19-6-2-1-3-7-19)30-26(32)22-8-4-5-9-23(22)27(30)33/h1-13,24H,14-18H2,(H,28,31)/t24-/m1/s1. The minimum Gasteiger partial charge on any atom is -0.378 e. The SMILES string of the molecule is O=C(Nc1ccc(N2CCOCC2)cc1)[C@@H](Cc1ccccc1)N1C(=O)c2ccccc2C1=O. The molecule has 34 heavy (non-hydrogen) atoms. The van der Waals surface area contributed by atoms with Crippen molar-refractivity contribution in [3.63, 3.8) is 0 Å². The van der Waals surface area contributed by atoms with Crippen LogP contribution < -0.4 is 10.2 Å². The lowest BCUT2D eigenvalue weighted by Crippen LogP contribution is -2.48. The van der Waals surface area contributed by atoms with Gasteiger partial charge in [-0.25, -0.2) is 0 Å². The topological polar surface area (TPSA) is 79.0 Å². The zero-order valence-corrected chi connectivity index (χ0v) is 18.6. The number of hydrogen-bond acceptors (Lipinski definition) is 5. The second kappa shape index (κ2) is 9.49. The molecule has 0 unspecified atom stereocenters. The summed E-state index contributed by atoms with van der Waals surface area (Å²) in [7, 11) is 0. The molecule has 1 saturated heterocycles. The van der Waals surface area contributed by atoms with Crippen LogP contribution in [-0.4, -0.2) is 55.0 Å². The Kier molecular flexibility index (Phi) is 6.10. The summed E-state index contributed by atoms with van der Waals surface area (Å²) in [6, 6.07) is 22.7. The highest BCUT2D eigenvalue weighted by molar-refractivity contribution is 6.23. The third kappa shape index (κ3) is 4.30. The zero-order valence-electron chi connectivity index (χ0n) is 18.6. The lowest BCUT2D eigenvalue weighted by Gasteiger charge is -2.29. The highest BCUT2D eigenvalue weighted by Crippen LogP contribution is 2.27. The molecule has 0 aliphatic carbocycles. The van der Waals surface area contributed by atoms with Gasteiger partial charge in [0.2, 0.25) is 5.91 Å². The molecular weight excluding hydrogens is 430 g/mol. The summed E-state index contributed by atoms with van der Waals surface area (Å²) in [5.74, 6) is -1.30. The van der Waals surface area contributed by atoms with Crippen molar-refractivity contribution in [3.8, 4) is 0 Å². The highest BCUT2D eigenvalue weighted by atomic mass is 16.5. The van der Waals surface area contributed by atoms with Crippen LogP contribution in [0, 0.1) is 0 Å². The molecular formula is C27H25N3O4. The average molecular weight is 456 g/mol. The molecule has 0 radical (unpaired) electrons. The monoisotopic (exact) mass is 455 g/mol. The van der Waals surface area contributed by atoms with Crippen LogP contribution in [0.3, 0.4) is 0 Å². The minimum atomic E-state index is -0.978. The molecule has 2 aliphatic rings. The zero-order chi connectivity index (χ0) is 23.5. The van der Waals surface area contributed by atoms with E-state index in [0.717, 1.165) is 29.2 Å². The fourth-order valence-corrected chi connectivity index (χ4v) is 4.43. The van der Waals surface area contributed by atoms with Gasteiger partial charge in [0.05, 0.1) is 24.3 Å². The van der Waals surface area contributed by atoms with Crippen LogP contribution in [0.5, 0.6) is 0 Å². The Morgan fingerprint density at radius 2 is 1.41 bits per heavy atom. The maximum Gasteiger partial charge on any atom is 0.262 e. The summed E-state index contributed by atoms with van der Waals surface area (Å²) >= 11 is 0. The fourth-order valence-electron chi connectivity index (χ4n) is 4.43. The first-order valence-electron chi connectivity index (χ1n) is 11.4. The van der Waals surface area contributed by atoms with Gasteiger partial charge in [-0.1, -0.05) is 42.5 Å². The molecule has 1 N–H and O–H groups in total. The van der Waals surface area contributed by atoms with Crippen LogP contribution in [-0.2, 0) is 16.0 Å². The molecule has 0 bridgehead atoms. The van der Waals surface area contributed by atoms with Crippen molar-refractivity contribution >= 4 is 29.1 Å². The Labute approximate surface area is 197 Å². The molecule has 3 aromatic rings. The van der Waals surface area contributed by atoms with Crippen LogP contribution >= 0.6 is 0 Å². The third-order valence-corrected chi connectivity index (χ3v) is 6.22. The maximum atomic E-state index is 13.4. The number of benzene rings is 3. The molecule has 2 aliphatic heterocycles. The van der Waals surface area contributed by atoms with Crippen molar-refractivity contribution < 1.29 is 19.1 Å². The van der Waals surface area contributed by atoms with Gasteiger partial charge in [0.15, 0.2) is 0 Å². The lowest BCUT2D eigenvalue weighted by molar-refractivity contribution is -0.119. The van der Waals surface area contributed by atoms with E-state index in [9.17, 15) is 14.4 Å². The summed E-state index contributed by atoms with van der Waals surface area (Å²) in [5.41, 5.74) is 3.18. The van der Waals surface area contributed by atoms with E-state index >= 15 is 0 Å². The molecule has 2 heterocycles. The second-order valence-corrected chi connectivity index (χ2v) is 8.37. The molecule has 172 valence electrons. The maximum absolute atomic E-state index is 13.4. The predicted octanol–water partition coefficient (Wildman–Crippen LogP) is 3.37. The van der Waals surface area contributed by atoms with Gasteiger partial charge in [-0.3, -0.25) is 19.3 Å². The number of amides is 3. The lowest BCUT2D eigenvalue weighted by atomic mass is 10.0. The summed E-state index contributed by atoms with van der Waals surface area (Å²) < 4.78 is 5.40. The molecule has 1 atom stereocenters. The Bertz CT molecular complexity index is 1170. The molecule has 7 nitrogen and oxygen atoms in total. The van der Waals surface area contributed by atoms with Crippen LogP contribution in [0.2, 0.25) is 0 Å². The summed E-state index contributed by atoms with van der Waals surface area (Å²) in [6.07, 6.45) is 0.226. The van der Waals surface area contributed by atoms with Gasteiger partial charge in [0, 0.05) is 30.9 Å². The van der Waals surface area contributed by atoms with Gasteiger partial charge < -0.3 is 15.0 Å². The highest BCUT2D eigenvalue weighted by Gasteiger charge is 2.42. The number of fused-ring (bicyclic) bond motifs is 1. The van der Waals surface area contributed by atoms with Crippen molar-refractivity contribution in [2.24, 2.45) is 0 Å². The van der Waals surface area contributed by atoms with Crippen molar-refractivity contribution in [3.05, 3.63) is 95.6 Å². The van der Waals surface area contributed by atoms with E-state index in [-0.39, 0.29) is 6.42 Å². The largest absolute Gasteiger partial charge is 0.378 e. The molecule has 3 aromatic carbocycles. The summed E-state index contributed by atoms with van der Waals surface area (Å²) in [6.45, 7) is 3.04. The number of hydrogen-bond donors (Lipinski definition) is 1. The number of anilines is 2. The molecule has 0 saturated carbocycles. The van der Waals surface area contributed by atoms with Crippen LogP contribution in [0.25, 0.3) is 0 Å². The molecule has 7 heteroatoms. The quantitative estimate of drug-likeness (QED) is 0.577. The van der Waals surface area contributed by atoms with E-state index < -0.39 is 23.8 Å². The number of rotatable bonds is 6. The van der Waals surface area contributed by atoms with E-state index in [1.807, 2.05) is 54.6 Å². The smallest absolute Gasteiger partial charge is 0.262 e. The number of nitrogens with zero attached hydrogens (tertiary/aromatic N) is 2. The van der Waals surface area contributed by atoms with Crippen LogP contribution in [0.1, 0.15) is 26.3 Å². The van der Waals surface area contributed by atoms with Crippen molar-refractivity contribution in [2.45, 2.75) is 12.5 Å². The number of imide groups is 1. The number of nitrogens with one attached hydrogen (secondary N) is 1. The molecule has 0 aromatic heterocycles. The molecule has 1 fully saturated rings. The van der Waals surface area contributed by atoms with E-state index in [2.05, 4.69) is 10.2 Å². The van der Waals surface area contributed by atoms with Gasteiger partial charge in [-0.15, -0.1) is 0 Å². The Hall–Kier alpha value is -3.97. The average Bonchev–Trinajstić information content (AvgIpc) is 3.14. The predicted molar refractivity (Wildman–Crippen MR) is 129 cm³/mol. The number of morpholine rings is 1.